The monoisotopic (exact) mass is 483 g/mol. The van der Waals surface area contributed by atoms with E-state index < -0.39 is 11.7 Å². The first-order chi connectivity index (χ1) is 16.8. The summed E-state index contributed by atoms with van der Waals surface area (Å²) < 4.78 is 40.9. The van der Waals surface area contributed by atoms with Crippen molar-refractivity contribution in [3.8, 4) is 11.4 Å². The average Bonchev–Trinajstić information content (AvgIpc) is 3.26. The molecule has 0 radical (unpaired) electrons. The first kappa shape index (κ1) is 23.4. The van der Waals surface area contributed by atoms with Crippen LogP contribution in [0.4, 0.5) is 13.2 Å². The molecule has 1 amide bonds. The quantitative estimate of drug-likeness (QED) is 0.573. The topological polar surface area (TPSA) is 53.7 Å². The fourth-order valence-electron chi connectivity index (χ4n) is 4.95. The number of amidine groups is 1. The van der Waals surface area contributed by atoms with E-state index in [1.165, 1.54) is 12.1 Å². The lowest BCUT2D eigenvalue weighted by molar-refractivity contribution is -0.137. The number of benzene rings is 1. The van der Waals surface area contributed by atoms with Gasteiger partial charge in [0, 0.05) is 31.0 Å². The van der Waals surface area contributed by atoms with Gasteiger partial charge >= 0.3 is 6.18 Å². The molecule has 1 saturated heterocycles. The summed E-state index contributed by atoms with van der Waals surface area (Å²) in [5.41, 5.74) is 0.685. The second-order valence-electron chi connectivity index (χ2n) is 9.17. The minimum Gasteiger partial charge on any atom is -0.340 e. The summed E-state index contributed by atoms with van der Waals surface area (Å²) in [5, 5.41) is 0. The van der Waals surface area contributed by atoms with Gasteiger partial charge in [0.1, 0.15) is 17.7 Å². The Morgan fingerprint density at radius 3 is 2.43 bits per heavy atom. The van der Waals surface area contributed by atoms with E-state index in [0.29, 0.717) is 30.1 Å². The Kier molecular flexibility index (Phi) is 6.02. The third-order valence-corrected chi connectivity index (χ3v) is 7.05. The van der Waals surface area contributed by atoms with Crippen LogP contribution < -0.4 is 0 Å². The van der Waals surface area contributed by atoms with Gasteiger partial charge in [-0.05, 0) is 56.7 Å². The fourth-order valence-corrected chi connectivity index (χ4v) is 4.95. The first-order valence-corrected chi connectivity index (χ1v) is 12.1. The molecular weight excluding hydrogens is 455 g/mol. The van der Waals surface area contributed by atoms with Gasteiger partial charge in [-0.3, -0.25) is 9.36 Å². The highest BCUT2D eigenvalue weighted by Crippen LogP contribution is 2.36. The van der Waals surface area contributed by atoms with Crippen molar-refractivity contribution < 1.29 is 18.0 Å². The molecule has 1 aromatic heterocycles. The third kappa shape index (κ3) is 4.17. The van der Waals surface area contributed by atoms with E-state index in [1.807, 2.05) is 17.6 Å². The third-order valence-electron chi connectivity index (χ3n) is 7.05. The summed E-state index contributed by atoms with van der Waals surface area (Å²) in [7, 11) is 1.81. The highest BCUT2D eigenvalue weighted by molar-refractivity contribution is 6.09. The average molecular weight is 484 g/mol. The molecule has 1 aromatic carbocycles. The summed E-state index contributed by atoms with van der Waals surface area (Å²) in [6.45, 7) is 2.02. The van der Waals surface area contributed by atoms with Gasteiger partial charge in [0.25, 0.3) is 0 Å². The molecule has 3 aliphatic rings. The zero-order valence-electron chi connectivity index (χ0n) is 19.8. The van der Waals surface area contributed by atoms with Crippen LogP contribution in [0.1, 0.15) is 51.0 Å². The lowest BCUT2D eigenvalue weighted by atomic mass is 9.88. The lowest BCUT2D eigenvalue weighted by Gasteiger charge is -2.49. The number of carbonyl (C=O) groups excluding carboxylic acids is 1. The van der Waals surface area contributed by atoms with Crippen molar-refractivity contribution in [2.75, 3.05) is 7.05 Å². The summed E-state index contributed by atoms with van der Waals surface area (Å²) in [6.07, 6.45) is 8.44. The summed E-state index contributed by atoms with van der Waals surface area (Å²) in [4.78, 5) is 26.6. The molecule has 1 saturated carbocycles. The number of halogens is 3. The number of piperazine rings is 1. The maximum atomic E-state index is 13.2. The number of allylic oxidation sites excluding steroid dienone is 2. The van der Waals surface area contributed by atoms with E-state index in [-0.39, 0.29) is 18.0 Å². The van der Waals surface area contributed by atoms with E-state index in [9.17, 15) is 18.0 Å². The second-order valence-corrected chi connectivity index (χ2v) is 9.17. The van der Waals surface area contributed by atoms with Gasteiger partial charge in [0.05, 0.1) is 11.3 Å². The number of fused-ring (bicyclic) bond motifs is 1. The van der Waals surface area contributed by atoms with Crippen LogP contribution in [0.15, 0.2) is 59.5 Å². The summed E-state index contributed by atoms with van der Waals surface area (Å²) in [5.74, 6) is 2.04. The van der Waals surface area contributed by atoms with Gasteiger partial charge in [0.15, 0.2) is 5.84 Å². The number of imidazole rings is 1. The molecule has 1 aliphatic carbocycles. The molecule has 0 spiro atoms. The van der Waals surface area contributed by atoms with E-state index in [0.717, 1.165) is 49.3 Å². The number of alkyl halides is 3. The molecule has 1 unspecified atom stereocenters. The Morgan fingerprint density at radius 2 is 1.80 bits per heavy atom. The molecule has 6 nitrogen and oxygen atoms in total. The lowest BCUT2D eigenvalue weighted by Crippen LogP contribution is -2.61. The number of aromatic nitrogens is 2. The number of rotatable bonds is 4. The van der Waals surface area contributed by atoms with Crippen LogP contribution in [-0.2, 0) is 11.0 Å². The van der Waals surface area contributed by atoms with Crippen LogP contribution in [0.3, 0.4) is 0 Å². The van der Waals surface area contributed by atoms with Crippen molar-refractivity contribution in [2.24, 2.45) is 4.99 Å². The van der Waals surface area contributed by atoms with E-state index in [4.69, 9.17) is 4.99 Å². The molecular formula is C26H28F3N5O. The standard InChI is InChI=1S/C26H28F3N5O/c1-3-20-25(35)32(2)21-9-4-5-10-22(31-24(21)34(20)19-7-6-8-19)33-16-15-30-23(33)17-11-13-18(14-12-17)26(27,28)29/h9-16,19-20H,3-8H2,1-2H3. The van der Waals surface area contributed by atoms with Crippen molar-refractivity contribution >= 4 is 17.6 Å². The molecule has 0 bridgehead atoms. The predicted molar refractivity (Wildman–Crippen MR) is 128 cm³/mol. The van der Waals surface area contributed by atoms with Crippen molar-refractivity contribution in [1.82, 2.24) is 19.4 Å². The first-order valence-electron chi connectivity index (χ1n) is 12.1. The van der Waals surface area contributed by atoms with E-state index >= 15 is 0 Å². The Hall–Kier alpha value is -3.36. The van der Waals surface area contributed by atoms with Gasteiger partial charge in [-0.2, -0.15) is 13.2 Å². The fraction of sp³-hybridized carbons (Fsp3) is 0.423. The normalized spacial score (nSPS) is 21.5. The summed E-state index contributed by atoms with van der Waals surface area (Å²) in [6, 6.07) is 5.02. The van der Waals surface area contributed by atoms with Gasteiger partial charge in [-0.15, -0.1) is 0 Å². The van der Waals surface area contributed by atoms with Crippen LogP contribution in [-0.4, -0.2) is 50.2 Å². The number of carbonyl (C=O) groups is 1. The molecule has 1 atom stereocenters. The molecule has 2 fully saturated rings. The van der Waals surface area contributed by atoms with Gasteiger partial charge in [-0.25, -0.2) is 9.98 Å². The molecule has 35 heavy (non-hydrogen) atoms. The number of likely N-dealkylation sites (N-methyl/N-ethyl adjacent to an activating group) is 1. The SMILES string of the molecule is CCC1C(=O)N(C)C2=CCCC=C(n3ccnc3-c3ccc(C(F)(F)F)cc3)N=C2N1C1CCC1. The van der Waals surface area contributed by atoms with Crippen LogP contribution in [0.2, 0.25) is 0 Å². The highest BCUT2D eigenvalue weighted by Gasteiger charge is 2.43. The zero-order chi connectivity index (χ0) is 24.7. The van der Waals surface area contributed by atoms with Gasteiger partial charge in [0.2, 0.25) is 5.91 Å². The Balaban J connectivity index is 1.58. The molecule has 2 aromatic rings. The number of aliphatic imine (C=N–C) groups is 1. The van der Waals surface area contributed by atoms with E-state index in [1.54, 1.807) is 24.3 Å². The molecule has 9 heteroatoms. The van der Waals surface area contributed by atoms with E-state index in [2.05, 4.69) is 16.0 Å². The van der Waals surface area contributed by atoms with Crippen molar-refractivity contribution in [3.05, 3.63) is 60.1 Å². The second kappa shape index (κ2) is 9.02. The number of hydrogen-bond donors (Lipinski definition) is 0. The number of amides is 1. The number of nitrogens with zero attached hydrogens (tertiary/aromatic N) is 5. The molecule has 5 rings (SSSR count). The molecule has 2 aliphatic heterocycles. The minimum atomic E-state index is -4.39. The Morgan fingerprint density at radius 1 is 1.09 bits per heavy atom. The van der Waals surface area contributed by atoms with Crippen LogP contribution >= 0.6 is 0 Å². The molecule has 184 valence electrons. The maximum absolute atomic E-state index is 13.2. The number of hydrogen-bond acceptors (Lipinski definition) is 4. The van der Waals surface area contributed by atoms with Crippen LogP contribution in [0, 0.1) is 0 Å². The van der Waals surface area contributed by atoms with Gasteiger partial charge < -0.3 is 9.80 Å². The van der Waals surface area contributed by atoms with Crippen LogP contribution in [0.25, 0.3) is 17.2 Å². The predicted octanol–water partition coefficient (Wildman–Crippen LogP) is 5.55. The van der Waals surface area contributed by atoms with Crippen molar-refractivity contribution in [2.45, 2.75) is 63.7 Å². The molecule has 0 N–H and O–H groups in total. The largest absolute Gasteiger partial charge is 0.416 e. The Bertz CT molecular complexity index is 1200. The molecule has 3 heterocycles. The van der Waals surface area contributed by atoms with Gasteiger partial charge in [-0.1, -0.05) is 25.1 Å². The minimum absolute atomic E-state index is 0.0868. The zero-order valence-corrected chi connectivity index (χ0v) is 19.8. The Labute approximate surface area is 202 Å². The summed E-state index contributed by atoms with van der Waals surface area (Å²) >= 11 is 0. The van der Waals surface area contributed by atoms with Crippen LogP contribution in [0.5, 0.6) is 0 Å². The smallest absolute Gasteiger partial charge is 0.340 e. The van der Waals surface area contributed by atoms with Crippen molar-refractivity contribution in [3.63, 3.8) is 0 Å². The van der Waals surface area contributed by atoms with Crippen molar-refractivity contribution in [1.29, 1.82) is 0 Å². The maximum Gasteiger partial charge on any atom is 0.416 e. The highest BCUT2D eigenvalue weighted by atomic mass is 19.4.